The zero-order chi connectivity index (χ0) is 10.7. The van der Waals surface area contributed by atoms with Crippen LogP contribution in [0.4, 0.5) is 0 Å². The van der Waals surface area contributed by atoms with E-state index in [0.29, 0.717) is 13.1 Å². The quantitative estimate of drug-likeness (QED) is 0.694. The van der Waals surface area contributed by atoms with Crippen LogP contribution < -0.4 is 11.1 Å². The van der Waals surface area contributed by atoms with Gasteiger partial charge in [0.2, 0.25) is 5.91 Å². The van der Waals surface area contributed by atoms with Gasteiger partial charge in [0.25, 0.3) is 0 Å². The summed E-state index contributed by atoms with van der Waals surface area (Å²) in [6.45, 7) is 11.0. The summed E-state index contributed by atoms with van der Waals surface area (Å²) in [5.74, 6) is 0.0778. The van der Waals surface area contributed by atoms with E-state index in [0.717, 1.165) is 0 Å². The molecule has 13 heavy (non-hydrogen) atoms. The van der Waals surface area contributed by atoms with Crippen LogP contribution >= 0.6 is 0 Å². The number of carbonyl (C=O) groups is 1. The van der Waals surface area contributed by atoms with Crippen LogP contribution in [0.2, 0.25) is 0 Å². The van der Waals surface area contributed by atoms with Crippen LogP contribution in [0.1, 0.15) is 34.6 Å². The van der Waals surface area contributed by atoms with E-state index in [2.05, 4.69) is 5.32 Å². The van der Waals surface area contributed by atoms with Gasteiger partial charge in [-0.05, 0) is 12.0 Å². The molecule has 0 aromatic carbocycles. The molecule has 0 spiro atoms. The maximum Gasteiger partial charge on any atom is 0.225 e. The summed E-state index contributed by atoms with van der Waals surface area (Å²) in [7, 11) is 0. The minimum atomic E-state index is -0.315. The molecule has 78 valence electrons. The van der Waals surface area contributed by atoms with E-state index in [-0.39, 0.29) is 16.7 Å². The molecule has 1 amide bonds. The Morgan fingerprint density at radius 2 is 1.69 bits per heavy atom. The van der Waals surface area contributed by atoms with Crippen molar-refractivity contribution in [2.45, 2.75) is 34.6 Å². The van der Waals surface area contributed by atoms with Crippen LogP contribution in [0.15, 0.2) is 0 Å². The maximum absolute atomic E-state index is 11.5. The van der Waals surface area contributed by atoms with Gasteiger partial charge in [-0.25, -0.2) is 0 Å². The van der Waals surface area contributed by atoms with Crippen LogP contribution in [0.25, 0.3) is 0 Å². The highest BCUT2D eigenvalue weighted by molar-refractivity contribution is 5.81. The molecule has 3 heteroatoms. The number of carbonyl (C=O) groups excluding carboxylic acids is 1. The van der Waals surface area contributed by atoms with Gasteiger partial charge in [0, 0.05) is 12.0 Å². The number of hydrogen-bond donors (Lipinski definition) is 2. The number of nitrogens with one attached hydrogen (secondary N) is 1. The summed E-state index contributed by atoms with van der Waals surface area (Å²) < 4.78 is 0. The van der Waals surface area contributed by atoms with Crippen LogP contribution in [-0.2, 0) is 4.79 Å². The molecule has 0 atom stereocenters. The van der Waals surface area contributed by atoms with Gasteiger partial charge < -0.3 is 11.1 Å². The van der Waals surface area contributed by atoms with Crippen LogP contribution in [-0.4, -0.2) is 19.0 Å². The molecule has 0 rings (SSSR count). The minimum Gasteiger partial charge on any atom is -0.355 e. The third-order valence-electron chi connectivity index (χ3n) is 1.96. The van der Waals surface area contributed by atoms with Crippen LogP contribution in [0.5, 0.6) is 0 Å². The van der Waals surface area contributed by atoms with Crippen LogP contribution in [0.3, 0.4) is 0 Å². The molecule has 0 bridgehead atoms. The number of hydrogen-bond acceptors (Lipinski definition) is 2. The molecule has 0 fully saturated rings. The second-order valence-corrected chi connectivity index (χ2v) is 5.30. The Bertz CT molecular complexity index is 180. The molecule has 0 aromatic rings. The minimum absolute atomic E-state index is 0.0130. The predicted octanol–water partition coefficient (Wildman–Crippen LogP) is 1.13. The van der Waals surface area contributed by atoms with Crippen molar-refractivity contribution in [1.29, 1.82) is 0 Å². The molecule has 3 nitrogen and oxygen atoms in total. The second-order valence-electron chi connectivity index (χ2n) is 5.30. The van der Waals surface area contributed by atoms with E-state index >= 15 is 0 Å². The lowest BCUT2D eigenvalue weighted by molar-refractivity contribution is -0.128. The van der Waals surface area contributed by atoms with Crippen molar-refractivity contribution in [3.05, 3.63) is 0 Å². The Kier molecular flexibility index (Phi) is 3.91. The molecule has 0 saturated heterocycles. The fourth-order valence-electron chi connectivity index (χ4n) is 0.657. The van der Waals surface area contributed by atoms with Crippen molar-refractivity contribution in [3.8, 4) is 0 Å². The summed E-state index contributed by atoms with van der Waals surface area (Å²) >= 11 is 0. The van der Waals surface area contributed by atoms with Gasteiger partial charge in [0.05, 0.1) is 0 Å². The zero-order valence-electron chi connectivity index (χ0n) is 9.40. The first-order valence-corrected chi connectivity index (χ1v) is 4.67. The van der Waals surface area contributed by atoms with Gasteiger partial charge in [-0.2, -0.15) is 0 Å². The van der Waals surface area contributed by atoms with E-state index in [4.69, 9.17) is 5.73 Å². The zero-order valence-corrected chi connectivity index (χ0v) is 9.40. The van der Waals surface area contributed by atoms with Gasteiger partial charge in [-0.15, -0.1) is 0 Å². The highest BCUT2D eigenvalue weighted by Gasteiger charge is 2.23. The van der Waals surface area contributed by atoms with Gasteiger partial charge >= 0.3 is 0 Å². The third-order valence-corrected chi connectivity index (χ3v) is 1.96. The van der Waals surface area contributed by atoms with Crippen molar-refractivity contribution in [1.82, 2.24) is 5.32 Å². The van der Waals surface area contributed by atoms with Gasteiger partial charge in [-0.1, -0.05) is 34.6 Å². The Balaban J connectivity index is 3.98. The molecule has 0 aromatic heterocycles. The Morgan fingerprint density at radius 1 is 1.23 bits per heavy atom. The standard InChI is InChI=1S/C10H22N2O/c1-9(2,3)8(13)12-7-10(4,5)6-11/h6-7,11H2,1-5H3,(H,12,13). The van der Waals surface area contributed by atoms with Crippen molar-refractivity contribution in [3.63, 3.8) is 0 Å². The summed E-state index contributed by atoms with van der Waals surface area (Å²) in [4.78, 5) is 11.5. The Morgan fingerprint density at radius 3 is 2.00 bits per heavy atom. The molecule has 3 N–H and O–H groups in total. The first kappa shape index (κ1) is 12.4. The van der Waals surface area contributed by atoms with Crippen molar-refractivity contribution >= 4 is 5.91 Å². The molecule has 0 aliphatic heterocycles. The molecular weight excluding hydrogens is 164 g/mol. The summed E-state index contributed by atoms with van der Waals surface area (Å²) in [6, 6.07) is 0. The fraction of sp³-hybridized carbons (Fsp3) is 0.900. The lowest BCUT2D eigenvalue weighted by Crippen LogP contribution is -2.42. The Hall–Kier alpha value is -0.570. The summed E-state index contributed by atoms with van der Waals surface area (Å²) in [5, 5.41) is 2.89. The average molecular weight is 186 g/mol. The fourth-order valence-corrected chi connectivity index (χ4v) is 0.657. The number of rotatable bonds is 3. The van der Waals surface area contributed by atoms with E-state index in [1.165, 1.54) is 0 Å². The molecule has 0 aliphatic rings. The topological polar surface area (TPSA) is 55.1 Å². The highest BCUT2D eigenvalue weighted by atomic mass is 16.2. The number of nitrogens with two attached hydrogens (primary N) is 1. The van der Waals surface area contributed by atoms with Crippen molar-refractivity contribution in [2.24, 2.45) is 16.6 Å². The highest BCUT2D eigenvalue weighted by Crippen LogP contribution is 2.15. The molecule has 0 saturated carbocycles. The van der Waals surface area contributed by atoms with E-state index in [9.17, 15) is 4.79 Å². The van der Waals surface area contributed by atoms with E-state index in [1.807, 2.05) is 34.6 Å². The largest absolute Gasteiger partial charge is 0.355 e. The molecule has 0 aliphatic carbocycles. The Labute approximate surface area is 81.1 Å². The molecule has 0 unspecified atom stereocenters. The normalized spacial score (nSPS) is 12.8. The first-order valence-electron chi connectivity index (χ1n) is 4.67. The second kappa shape index (κ2) is 4.09. The van der Waals surface area contributed by atoms with Crippen LogP contribution in [0, 0.1) is 10.8 Å². The van der Waals surface area contributed by atoms with Gasteiger partial charge in [0.15, 0.2) is 0 Å². The molecular formula is C10H22N2O. The average Bonchev–Trinajstić information content (AvgIpc) is 1.98. The smallest absolute Gasteiger partial charge is 0.225 e. The predicted molar refractivity (Wildman–Crippen MR) is 55.3 cm³/mol. The maximum atomic E-state index is 11.5. The first-order chi connectivity index (χ1) is 5.69. The van der Waals surface area contributed by atoms with E-state index < -0.39 is 0 Å². The van der Waals surface area contributed by atoms with Gasteiger partial charge in [-0.3, -0.25) is 4.79 Å². The number of amides is 1. The molecule has 0 radical (unpaired) electrons. The van der Waals surface area contributed by atoms with Gasteiger partial charge in [0.1, 0.15) is 0 Å². The lowest BCUT2D eigenvalue weighted by Gasteiger charge is -2.25. The SMILES string of the molecule is CC(C)(CN)CNC(=O)C(C)(C)C. The van der Waals surface area contributed by atoms with E-state index in [1.54, 1.807) is 0 Å². The summed E-state index contributed by atoms with van der Waals surface area (Å²) in [5.41, 5.74) is 5.22. The third kappa shape index (κ3) is 4.88. The van der Waals surface area contributed by atoms with Crippen molar-refractivity contribution < 1.29 is 4.79 Å². The lowest BCUT2D eigenvalue weighted by atomic mass is 9.91. The monoisotopic (exact) mass is 186 g/mol. The molecule has 0 heterocycles. The summed E-state index contributed by atoms with van der Waals surface area (Å²) in [6.07, 6.45) is 0. The van der Waals surface area contributed by atoms with Crippen molar-refractivity contribution in [2.75, 3.05) is 13.1 Å².